The summed E-state index contributed by atoms with van der Waals surface area (Å²) < 4.78 is 7.94. The monoisotopic (exact) mass is 379 g/mol. The zero-order valence-corrected chi connectivity index (χ0v) is 16.1. The van der Waals surface area contributed by atoms with Gasteiger partial charge in [0, 0.05) is 31.5 Å². The Morgan fingerprint density at radius 3 is 2.89 bits per heavy atom. The summed E-state index contributed by atoms with van der Waals surface area (Å²) in [5, 5.41) is 11.6. The van der Waals surface area contributed by atoms with Gasteiger partial charge in [-0.25, -0.2) is 4.98 Å². The molecule has 0 fully saturated rings. The van der Waals surface area contributed by atoms with E-state index >= 15 is 0 Å². The molecule has 146 valence electrons. The fourth-order valence-electron chi connectivity index (χ4n) is 3.55. The van der Waals surface area contributed by atoms with E-state index in [1.807, 2.05) is 37.3 Å². The Labute approximate surface area is 164 Å². The number of carbonyl (C=O) groups is 1. The first-order valence-corrected chi connectivity index (χ1v) is 9.90. The molecule has 0 unspecified atom stereocenters. The third-order valence-corrected chi connectivity index (χ3v) is 5.10. The summed E-state index contributed by atoms with van der Waals surface area (Å²) in [5.74, 6) is 3.20. The van der Waals surface area contributed by atoms with Gasteiger partial charge in [-0.1, -0.05) is 24.6 Å². The van der Waals surface area contributed by atoms with Crippen LogP contribution in [0.3, 0.4) is 0 Å². The average Bonchev–Trinajstić information content (AvgIpc) is 3.17. The molecule has 0 aliphatic carbocycles. The van der Waals surface area contributed by atoms with Crippen LogP contribution in [0, 0.1) is 6.92 Å². The highest BCUT2D eigenvalue weighted by Crippen LogP contribution is 2.21. The van der Waals surface area contributed by atoms with E-state index in [1.165, 1.54) is 19.3 Å². The molecule has 3 heterocycles. The topological polar surface area (TPSA) is 85.8 Å². The number of nitrogens with zero attached hydrogens (tertiary/aromatic N) is 4. The number of nitrogens with one attached hydrogen (secondary N) is 1. The maximum absolute atomic E-state index is 12.3. The van der Waals surface area contributed by atoms with E-state index in [9.17, 15) is 4.79 Å². The number of hydrogen-bond acceptors (Lipinski definition) is 5. The highest BCUT2D eigenvalue weighted by molar-refractivity contribution is 5.78. The van der Waals surface area contributed by atoms with Crippen LogP contribution < -0.4 is 5.32 Å². The van der Waals surface area contributed by atoms with Crippen LogP contribution in [0.2, 0.25) is 0 Å². The van der Waals surface area contributed by atoms with Crippen LogP contribution in [-0.2, 0) is 30.6 Å². The van der Waals surface area contributed by atoms with Crippen molar-refractivity contribution in [2.75, 3.05) is 6.54 Å². The standard InChI is InChI=1S/C21H25N5O2/c1-15-17(23-21(28-15)16-8-4-2-5-9-16)14-20(27)22-12-11-19-25-24-18-10-6-3-7-13-26(18)19/h2,4-5,8-9H,3,6-7,10-14H2,1H3,(H,22,27). The largest absolute Gasteiger partial charge is 0.441 e. The Morgan fingerprint density at radius 2 is 2.04 bits per heavy atom. The van der Waals surface area contributed by atoms with Gasteiger partial charge in [-0.3, -0.25) is 4.79 Å². The van der Waals surface area contributed by atoms with E-state index in [1.54, 1.807) is 0 Å². The number of rotatable bonds is 6. The van der Waals surface area contributed by atoms with Crippen molar-refractivity contribution in [1.29, 1.82) is 0 Å². The van der Waals surface area contributed by atoms with E-state index < -0.39 is 0 Å². The normalized spacial score (nSPS) is 13.8. The molecule has 1 N–H and O–H groups in total. The molecule has 0 atom stereocenters. The van der Waals surface area contributed by atoms with Crippen LogP contribution in [0.5, 0.6) is 0 Å². The van der Waals surface area contributed by atoms with Gasteiger partial charge in [0.05, 0.1) is 12.1 Å². The first-order chi connectivity index (χ1) is 13.7. The number of carbonyl (C=O) groups excluding carboxylic acids is 1. The number of oxazole rings is 1. The van der Waals surface area contributed by atoms with Crippen LogP contribution in [0.4, 0.5) is 0 Å². The van der Waals surface area contributed by atoms with Crippen molar-refractivity contribution in [2.45, 2.75) is 52.0 Å². The van der Waals surface area contributed by atoms with Gasteiger partial charge in [-0.2, -0.15) is 0 Å². The third-order valence-electron chi connectivity index (χ3n) is 5.10. The van der Waals surface area contributed by atoms with Gasteiger partial charge in [-0.15, -0.1) is 10.2 Å². The Morgan fingerprint density at radius 1 is 1.18 bits per heavy atom. The molecule has 28 heavy (non-hydrogen) atoms. The molecule has 1 aliphatic rings. The molecule has 7 heteroatoms. The summed E-state index contributed by atoms with van der Waals surface area (Å²) in [6.45, 7) is 3.36. The first kappa shape index (κ1) is 18.4. The minimum Gasteiger partial charge on any atom is -0.441 e. The maximum Gasteiger partial charge on any atom is 0.226 e. The van der Waals surface area contributed by atoms with Crippen molar-refractivity contribution in [2.24, 2.45) is 0 Å². The van der Waals surface area contributed by atoms with Gasteiger partial charge in [0.1, 0.15) is 17.4 Å². The van der Waals surface area contributed by atoms with E-state index in [4.69, 9.17) is 4.42 Å². The second-order valence-electron chi connectivity index (χ2n) is 7.16. The Balaban J connectivity index is 1.32. The highest BCUT2D eigenvalue weighted by Gasteiger charge is 2.16. The molecular formula is C21H25N5O2. The van der Waals surface area contributed by atoms with Crippen molar-refractivity contribution in [1.82, 2.24) is 25.1 Å². The molecule has 0 radical (unpaired) electrons. The minimum absolute atomic E-state index is 0.0633. The third kappa shape index (κ3) is 4.13. The fraction of sp³-hybridized carbons (Fsp3) is 0.429. The molecule has 1 aromatic carbocycles. The lowest BCUT2D eigenvalue weighted by atomic mass is 10.2. The molecule has 4 rings (SSSR count). The summed E-state index contributed by atoms with van der Waals surface area (Å²) in [5.41, 5.74) is 1.58. The molecule has 1 amide bonds. The number of amides is 1. The van der Waals surface area contributed by atoms with Crippen LogP contribution in [0.1, 0.15) is 42.4 Å². The molecule has 0 saturated carbocycles. The van der Waals surface area contributed by atoms with Gasteiger partial charge >= 0.3 is 0 Å². The van der Waals surface area contributed by atoms with Crippen molar-refractivity contribution in [3.05, 3.63) is 53.4 Å². The number of benzene rings is 1. The zero-order valence-electron chi connectivity index (χ0n) is 16.1. The van der Waals surface area contributed by atoms with Crippen molar-refractivity contribution < 1.29 is 9.21 Å². The van der Waals surface area contributed by atoms with Gasteiger partial charge in [-0.05, 0) is 31.9 Å². The van der Waals surface area contributed by atoms with E-state index in [-0.39, 0.29) is 12.3 Å². The Kier molecular flexibility index (Phi) is 5.50. The lowest BCUT2D eigenvalue weighted by molar-refractivity contribution is -0.120. The van der Waals surface area contributed by atoms with Crippen molar-refractivity contribution >= 4 is 5.91 Å². The molecule has 2 aromatic heterocycles. The smallest absolute Gasteiger partial charge is 0.226 e. The van der Waals surface area contributed by atoms with Gasteiger partial charge in [0.2, 0.25) is 11.8 Å². The number of aromatic nitrogens is 4. The van der Waals surface area contributed by atoms with Crippen LogP contribution in [0.15, 0.2) is 34.7 Å². The molecule has 0 spiro atoms. The maximum atomic E-state index is 12.3. The lowest BCUT2D eigenvalue weighted by Crippen LogP contribution is -2.28. The summed E-state index contributed by atoms with van der Waals surface area (Å²) >= 11 is 0. The fourth-order valence-corrected chi connectivity index (χ4v) is 3.55. The lowest BCUT2D eigenvalue weighted by Gasteiger charge is -2.07. The van der Waals surface area contributed by atoms with Crippen LogP contribution in [0.25, 0.3) is 11.5 Å². The van der Waals surface area contributed by atoms with Gasteiger partial charge in [0.25, 0.3) is 0 Å². The number of hydrogen-bond donors (Lipinski definition) is 1. The predicted octanol–water partition coefficient (Wildman–Crippen LogP) is 2.87. The quantitative estimate of drug-likeness (QED) is 0.712. The van der Waals surface area contributed by atoms with Crippen molar-refractivity contribution in [3.8, 4) is 11.5 Å². The zero-order chi connectivity index (χ0) is 19.3. The Hall–Kier alpha value is -2.96. The average molecular weight is 379 g/mol. The molecule has 7 nitrogen and oxygen atoms in total. The molecule has 0 bridgehead atoms. The van der Waals surface area contributed by atoms with Crippen LogP contribution >= 0.6 is 0 Å². The molecular weight excluding hydrogens is 354 g/mol. The van der Waals surface area contributed by atoms with E-state index in [2.05, 4.69) is 25.1 Å². The van der Waals surface area contributed by atoms with Gasteiger partial charge < -0.3 is 14.3 Å². The number of aryl methyl sites for hydroxylation is 2. The predicted molar refractivity (Wildman–Crippen MR) is 105 cm³/mol. The molecule has 3 aromatic rings. The summed E-state index contributed by atoms with van der Waals surface area (Å²) in [7, 11) is 0. The Bertz CT molecular complexity index is 945. The second kappa shape index (κ2) is 8.37. The minimum atomic E-state index is -0.0633. The van der Waals surface area contributed by atoms with E-state index in [0.717, 1.165) is 30.2 Å². The van der Waals surface area contributed by atoms with Gasteiger partial charge in [0.15, 0.2) is 0 Å². The van der Waals surface area contributed by atoms with E-state index in [0.29, 0.717) is 30.3 Å². The summed E-state index contributed by atoms with van der Waals surface area (Å²) in [4.78, 5) is 16.8. The highest BCUT2D eigenvalue weighted by atomic mass is 16.4. The second-order valence-corrected chi connectivity index (χ2v) is 7.16. The summed E-state index contributed by atoms with van der Waals surface area (Å²) in [6, 6.07) is 9.70. The molecule has 1 aliphatic heterocycles. The first-order valence-electron chi connectivity index (χ1n) is 9.90. The van der Waals surface area contributed by atoms with Crippen molar-refractivity contribution in [3.63, 3.8) is 0 Å². The van der Waals surface area contributed by atoms with Crippen LogP contribution in [-0.4, -0.2) is 32.2 Å². The summed E-state index contributed by atoms with van der Waals surface area (Å²) in [6.07, 6.45) is 5.47. The number of fused-ring (bicyclic) bond motifs is 1. The SMILES string of the molecule is Cc1oc(-c2ccccc2)nc1CC(=O)NCCc1nnc2n1CCCCC2. The molecule has 0 saturated heterocycles.